The van der Waals surface area contributed by atoms with Crippen LogP contribution in [0.3, 0.4) is 0 Å². The van der Waals surface area contributed by atoms with Gasteiger partial charge in [0.25, 0.3) is 11.8 Å². The Hall–Kier alpha value is -1.40. The van der Waals surface area contributed by atoms with Crippen LogP contribution in [0.2, 0.25) is 0 Å². The zero-order chi connectivity index (χ0) is 15.8. The number of hydrogen-bond donors (Lipinski definition) is 0. The second-order valence-corrected chi connectivity index (χ2v) is 7.67. The van der Waals surface area contributed by atoms with Crippen molar-refractivity contribution in [3.05, 3.63) is 21.4 Å². The molecule has 1 unspecified atom stereocenters. The van der Waals surface area contributed by atoms with Gasteiger partial charge in [-0.1, -0.05) is 0 Å². The fraction of sp³-hybridized carbons (Fsp3) is 0.647. The first-order chi connectivity index (χ1) is 11.2. The van der Waals surface area contributed by atoms with Crippen LogP contribution in [-0.4, -0.2) is 60.5 Å². The van der Waals surface area contributed by atoms with Crippen molar-refractivity contribution in [2.75, 3.05) is 32.8 Å². The highest BCUT2D eigenvalue weighted by Crippen LogP contribution is 2.31. The molecular formula is C17H22N2O3S. The van der Waals surface area contributed by atoms with E-state index in [0.29, 0.717) is 32.8 Å². The van der Waals surface area contributed by atoms with Gasteiger partial charge in [-0.25, -0.2) is 0 Å². The van der Waals surface area contributed by atoms with Crippen molar-refractivity contribution in [2.24, 2.45) is 0 Å². The summed E-state index contributed by atoms with van der Waals surface area (Å²) < 4.78 is 5.48. The van der Waals surface area contributed by atoms with Gasteiger partial charge in [0.05, 0.1) is 4.88 Å². The minimum Gasteiger partial charge on any atom is -0.368 e. The van der Waals surface area contributed by atoms with Gasteiger partial charge in [-0.2, -0.15) is 0 Å². The first kappa shape index (κ1) is 15.1. The van der Waals surface area contributed by atoms with Gasteiger partial charge in [-0.05, 0) is 43.7 Å². The molecule has 3 heterocycles. The van der Waals surface area contributed by atoms with Gasteiger partial charge in [-0.3, -0.25) is 9.59 Å². The van der Waals surface area contributed by atoms with Crippen LogP contribution in [0.25, 0.3) is 0 Å². The maximum atomic E-state index is 12.6. The lowest BCUT2D eigenvalue weighted by Gasteiger charge is -2.35. The van der Waals surface area contributed by atoms with Gasteiger partial charge in [-0.15, -0.1) is 11.3 Å². The standard InChI is InChI=1S/C17H22N2O3S/c20-16(13-4-2-10-22-13)18-6-8-19(9-7-18)17(21)15-11-12-3-1-5-14(12)23-15/h11,13H,1-10H2. The lowest BCUT2D eigenvalue weighted by molar-refractivity contribution is -0.142. The summed E-state index contributed by atoms with van der Waals surface area (Å²) in [6.45, 7) is 3.18. The SMILES string of the molecule is O=C(c1cc2c(s1)CCC2)N1CCN(C(=O)C2CCCO2)CC1. The molecule has 0 N–H and O–H groups in total. The van der Waals surface area contributed by atoms with E-state index in [0.717, 1.165) is 30.6 Å². The number of carbonyl (C=O) groups excluding carboxylic acids is 2. The third-order valence-corrected chi connectivity index (χ3v) is 6.27. The molecule has 3 aliphatic rings. The molecule has 5 nitrogen and oxygen atoms in total. The maximum absolute atomic E-state index is 12.6. The number of aryl methyl sites for hydroxylation is 2. The van der Waals surface area contributed by atoms with Crippen LogP contribution in [0.5, 0.6) is 0 Å². The largest absolute Gasteiger partial charge is 0.368 e. The molecule has 0 spiro atoms. The van der Waals surface area contributed by atoms with Crippen molar-refractivity contribution in [3.63, 3.8) is 0 Å². The van der Waals surface area contributed by atoms with E-state index in [2.05, 4.69) is 6.07 Å². The van der Waals surface area contributed by atoms with Crippen molar-refractivity contribution < 1.29 is 14.3 Å². The quantitative estimate of drug-likeness (QED) is 0.827. The van der Waals surface area contributed by atoms with E-state index in [9.17, 15) is 9.59 Å². The smallest absolute Gasteiger partial charge is 0.264 e. The van der Waals surface area contributed by atoms with Crippen LogP contribution in [0.15, 0.2) is 6.07 Å². The van der Waals surface area contributed by atoms with E-state index in [-0.39, 0.29) is 17.9 Å². The monoisotopic (exact) mass is 334 g/mol. The summed E-state index contributed by atoms with van der Waals surface area (Å²) in [6.07, 6.45) is 5.01. The Morgan fingerprint density at radius 3 is 2.57 bits per heavy atom. The minimum atomic E-state index is -0.252. The zero-order valence-electron chi connectivity index (χ0n) is 13.3. The fourth-order valence-corrected chi connectivity index (χ4v) is 4.92. The van der Waals surface area contributed by atoms with Gasteiger partial charge < -0.3 is 14.5 Å². The first-order valence-corrected chi connectivity index (χ1v) is 9.35. The number of hydrogen-bond acceptors (Lipinski definition) is 4. The Morgan fingerprint density at radius 1 is 1.09 bits per heavy atom. The minimum absolute atomic E-state index is 0.102. The molecule has 1 aromatic rings. The van der Waals surface area contributed by atoms with Gasteiger partial charge >= 0.3 is 0 Å². The summed E-state index contributed by atoms with van der Waals surface area (Å²) in [4.78, 5) is 31.0. The van der Waals surface area contributed by atoms with Gasteiger partial charge in [0.15, 0.2) is 0 Å². The molecule has 0 saturated carbocycles. The highest BCUT2D eigenvalue weighted by molar-refractivity contribution is 7.14. The second-order valence-electron chi connectivity index (χ2n) is 6.53. The van der Waals surface area contributed by atoms with E-state index >= 15 is 0 Å². The number of piperazine rings is 1. The Kier molecular flexibility index (Phi) is 4.11. The molecular weight excluding hydrogens is 312 g/mol. The fourth-order valence-electron chi connectivity index (χ4n) is 3.70. The van der Waals surface area contributed by atoms with E-state index in [1.54, 1.807) is 11.3 Å². The van der Waals surface area contributed by atoms with E-state index < -0.39 is 0 Å². The molecule has 0 bridgehead atoms. The van der Waals surface area contributed by atoms with E-state index in [1.165, 1.54) is 16.9 Å². The summed E-state index contributed by atoms with van der Waals surface area (Å²) >= 11 is 1.66. The average Bonchev–Trinajstić information content (AvgIpc) is 3.29. The molecule has 124 valence electrons. The van der Waals surface area contributed by atoms with Crippen molar-refractivity contribution in [3.8, 4) is 0 Å². The number of thiophene rings is 1. The Morgan fingerprint density at radius 2 is 1.87 bits per heavy atom. The predicted molar refractivity (Wildman–Crippen MR) is 87.8 cm³/mol. The molecule has 2 fully saturated rings. The number of carbonyl (C=O) groups is 2. The van der Waals surface area contributed by atoms with E-state index in [4.69, 9.17) is 4.74 Å². The zero-order valence-corrected chi connectivity index (χ0v) is 14.1. The molecule has 2 saturated heterocycles. The van der Waals surface area contributed by atoms with E-state index in [1.807, 2.05) is 9.80 Å². The van der Waals surface area contributed by atoms with Crippen LogP contribution < -0.4 is 0 Å². The third kappa shape index (κ3) is 2.90. The van der Waals surface area contributed by atoms with Crippen LogP contribution >= 0.6 is 11.3 Å². The van der Waals surface area contributed by atoms with Gasteiger partial charge in [0, 0.05) is 37.7 Å². The maximum Gasteiger partial charge on any atom is 0.264 e. The lowest BCUT2D eigenvalue weighted by atomic mass is 10.2. The molecule has 6 heteroatoms. The van der Waals surface area contributed by atoms with Crippen LogP contribution in [0.1, 0.15) is 39.4 Å². The molecule has 4 rings (SSSR count). The van der Waals surface area contributed by atoms with Crippen LogP contribution in [0, 0.1) is 0 Å². The molecule has 23 heavy (non-hydrogen) atoms. The Balaban J connectivity index is 1.35. The normalized spacial score (nSPS) is 24.1. The third-order valence-electron chi connectivity index (χ3n) is 5.04. The van der Waals surface area contributed by atoms with Crippen molar-refractivity contribution in [1.29, 1.82) is 0 Å². The van der Waals surface area contributed by atoms with Gasteiger partial charge in [0.2, 0.25) is 0 Å². The van der Waals surface area contributed by atoms with Crippen LogP contribution in [-0.2, 0) is 22.4 Å². The van der Waals surface area contributed by atoms with Crippen LogP contribution in [0.4, 0.5) is 0 Å². The first-order valence-electron chi connectivity index (χ1n) is 8.53. The summed E-state index contributed by atoms with van der Waals surface area (Å²) in [5, 5.41) is 0. The molecule has 1 atom stereocenters. The number of ether oxygens (including phenoxy) is 1. The summed E-state index contributed by atoms with van der Waals surface area (Å²) in [6, 6.07) is 2.08. The lowest BCUT2D eigenvalue weighted by Crippen LogP contribution is -2.52. The van der Waals surface area contributed by atoms with Crippen molar-refractivity contribution >= 4 is 23.2 Å². The van der Waals surface area contributed by atoms with Crippen molar-refractivity contribution in [1.82, 2.24) is 9.80 Å². The Bertz CT molecular complexity index is 592. The molecule has 2 aliphatic heterocycles. The number of fused-ring (bicyclic) bond motifs is 1. The summed E-state index contributed by atoms with van der Waals surface area (Å²) in [5.74, 6) is 0.235. The molecule has 1 aromatic heterocycles. The summed E-state index contributed by atoms with van der Waals surface area (Å²) in [5.41, 5.74) is 1.37. The summed E-state index contributed by atoms with van der Waals surface area (Å²) in [7, 11) is 0. The topological polar surface area (TPSA) is 49.9 Å². The van der Waals surface area contributed by atoms with Crippen molar-refractivity contribution in [2.45, 2.75) is 38.2 Å². The second kappa shape index (κ2) is 6.24. The number of amides is 2. The molecule has 1 aliphatic carbocycles. The molecule has 2 amide bonds. The molecule has 0 radical (unpaired) electrons. The highest BCUT2D eigenvalue weighted by atomic mass is 32.1. The number of rotatable bonds is 2. The van der Waals surface area contributed by atoms with Gasteiger partial charge in [0.1, 0.15) is 6.10 Å². The molecule has 0 aromatic carbocycles. The average molecular weight is 334 g/mol. The number of nitrogens with zero attached hydrogens (tertiary/aromatic N) is 2. The Labute approximate surface area is 140 Å². The highest BCUT2D eigenvalue weighted by Gasteiger charge is 2.32. The predicted octanol–water partition coefficient (Wildman–Crippen LogP) is 1.70.